The summed E-state index contributed by atoms with van der Waals surface area (Å²) in [7, 11) is 0. The summed E-state index contributed by atoms with van der Waals surface area (Å²) in [6.07, 6.45) is -1.24. The SMILES string of the molecule is CC(C)(C)C(O)OCC(O)CO.CCC(CO)(CO)CO. The van der Waals surface area contributed by atoms with Gasteiger partial charge >= 0.3 is 0 Å². The summed E-state index contributed by atoms with van der Waals surface area (Å²) in [5.41, 5.74) is -1.03. The Bertz CT molecular complexity index is 218. The second-order valence-electron chi connectivity index (χ2n) is 6.22. The Morgan fingerprint density at radius 2 is 1.33 bits per heavy atom. The first-order valence-corrected chi connectivity index (χ1v) is 7.03. The van der Waals surface area contributed by atoms with Gasteiger partial charge in [-0.15, -0.1) is 0 Å². The van der Waals surface area contributed by atoms with Crippen LogP contribution in [0.2, 0.25) is 0 Å². The van der Waals surface area contributed by atoms with E-state index in [2.05, 4.69) is 0 Å². The Balaban J connectivity index is 0. The van der Waals surface area contributed by atoms with Crippen LogP contribution in [0.15, 0.2) is 0 Å². The second-order valence-corrected chi connectivity index (χ2v) is 6.22. The molecule has 7 nitrogen and oxygen atoms in total. The van der Waals surface area contributed by atoms with Gasteiger partial charge in [0.05, 0.1) is 33.0 Å². The lowest BCUT2D eigenvalue weighted by atomic mass is 9.88. The van der Waals surface area contributed by atoms with E-state index in [0.717, 1.165) is 0 Å². The van der Waals surface area contributed by atoms with E-state index in [1.54, 1.807) is 0 Å². The maximum Gasteiger partial charge on any atom is 0.159 e. The van der Waals surface area contributed by atoms with Crippen molar-refractivity contribution in [3.63, 3.8) is 0 Å². The highest BCUT2D eigenvalue weighted by atomic mass is 16.6. The molecule has 0 aromatic carbocycles. The van der Waals surface area contributed by atoms with Crippen molar-refractivity contribution in [2.24, 2.45) is 10.8 Å². The zero-order valence-electron chi connectivity index (χ0n) is 13.5. The molecule has 0 aliphatic rings. The van der Waals surface area contributed by atoms with Gasteiger partial charge in [-0.2, -0.15) is 0 Å². The summed E-state index contributed by atoms with van der Waals surface area (Å²) < 4.78 is 4.90. The Kier molecular flexibility index (Phi) is 12.4. The van der Waals surface area contributed by atoms with Crippen molar-refractivity contribution >= 4 is 0 Å². The fraction of sp³-hybridized carbons (Fsp3) is 1.00. The molecule has 0 fully saturated rings. The van der Waals surface area contributed by atoms with E-state index in [-0.39, 0.29) is 38.4 Å². The molecule has 6 N–H and O–H groups in total. The molecule has 0 bridgehead atoms. The molecule has 0 saturated carbocycles. The maximum absolute atomic E-state index is 9.32. The molecule has 0 heterocycles. The Morgan fingerprint density at radius 1 is 0.905 bits per heavy atom. The van der Waals surface area contributed by atoms with E-state index >= 15 is 0 Å². The van der Waals surface area contributed by atoms with Gasteiger partial charge in [0.1, 0.15) is 6.10 Å². The molecule has 0 spiro atoms. The van der Waals surface area contributed by atoms with Crippen LogP contribution in [0.5, 0.6) is 0 Å². The number of ether oxygens (including phenoxy) is 1. The minimum absolute atomic E-state index is 0.0467. The molecule has 0 radical (unpaired) electrons. The molecule has 0 aliphatic carbocycles. The number of aliphatic hydroxyl groups is 6. The maximum atomic E-state index is 9.32. The molecule has 0 aromatic heterocycles. The smallest absolute Gasteiger partial charge is 0.159 e. The second kappa shape index (κ2) is 11.3. The van der Waals surface area contributed by atoms with E-state index in [4.69, 9.17) is 30.3 Å². The fourth-order valence-electron chi connectivity index (χ4n) is 0.990. The van der Waals surface area contributed by atoms with Crippen LogP contribution in [0.1, 0.15) is 34.1 Å². The summed E-state index contributed by atoms with van der Waals surface area (Å²) in [6.45, 7) is 6.42. The van der Waals surface area contributed by atoms with E-state index < -0.39 is 17.8 Å². The first-order valence-electron chi connectivity index (χ1n) is 7.03. The Hall–Kier alpha value is -0.280. The Labute approximate surface area is 126 Å². The molecular formula is C14H32O7. The van der Waals surface area contributed by atoms with Crippen molar-refractivity contribution < 1.29 is 35.4 Å². The van der Waals surface area contributed by atoms with Gasteiger partial charge in [-0.05, 0) is 6.42 Å². The first kappa shape index (κ1) is 23.0. The average molecular weight is 312 g/mol. The lowest BCUT2D eigenvalue weighted by Gasteiger charge is -2.26. The van der Waals surface area contributed by atoms with Crippen molar-refractivity contribution in [1.29, 1.82) is 0 Å². The predicted octanol–water partition coefficient (Wildman–Crippen LogP) is -0.920. The van der Waals surface area contributed by atoms with Gasteiger partial charge in [0, 0.05) is 10.8 Å². The molecule has 7 heteroatoms. The van der Waals surface area contributed by atoms with Crippen LogP contribution in [0.4, 0.5) is 0 Å². The number of aliphatic hydroxyl groups excluding tert-OH is 6. The Morgan fingerprint density at radius 3 is 1.52 bits per heavy atom. The summed E-state index contributed by atoms with van der Waals surface area (Å²) >= 11 is 0. The average Bonchev–Trinajstić information content (AvgIpc) is 2.47. The highest BCUT2D eigenvalue weighted by molar-refractivity contribution is 4.74. The quantitative estimate of drug-likeness (QED) is 0.320. The third kappa shape index (κ3) is 10.1. The van der Waals surface area contributed by atoms with Gasteiger partial charge in [-0.3, -0.25) is 0 Å². The van der Waals surface area contributed by atoms with E-state index in [1.807, 2.05) is 27.7 Å². The molecule has 21 heavy (non-hydrogen) atoms. The summed E-state index contributed by atoms with van der Waals surface area (Å²) in [5.74, 6) is 0. The lowest BCUT2D eigenvalue weighted by molar-refractivity contribution is -0.175. The van der Waals surface area contributed by atoms with E-state index in [1.165, 1.54) is 0 Å². The summed E-state index contributed by atoms with van der Waals surface area (Å²) in [6, 6.07) is 0. The summed E-state index contributed by atoms with van der Waals surface area (Å²) in [5, 5.41) is 52.6. The van der Waals surface area contributed by atoms with Crippen LogP contribution >= 0.6 is 0 Å². The van der Waals surface area contributed by atoms with Crippen molar-refractivity contribution in [1.82, 2.24) is 0 Å². The van der Waals surface area contributed by atoms with Crippen LogP contribution in [0.3, 0.4) is 0 Å². The van der Waals surface area contributed by atoms with Crippen LogP contribution in [-0.2, 0) is 4.74 Å². The molecule has 0 saturated heterocycles. The van der Waals surface area contributed by atoms with E-state index in [9.17, 15) is 5.11 Å². The predicted molar refractivity (Wildman–Crippen MR) is 78.5 cm³/mol. The highest BCUT2D eigenvalue weighted by Gasteiger charge is 2.25. The van der Waals surface area contributed by atoms with Crippen LogP contribution in [-0.4, -0.2) is 76.1 Å². The number of hydrogen-bond donors (Lipinski definition) is 6. The molecule has 0 rings (SSSR count). The van der Waals surface area contributed by atoms with Crippen LogP contribution in [0, 0.1) is 10.8 Å². The van der Waals surface area contributed by atoms with Gasteiger partial charge in [0.15, 0.2) is 6.29 Å². The van der Waals surface area contributed by atoms with Crippen LogP contribution < -0.4 is 0 Å². The van der Waals surface area contributed by atoms with Crippen molar-refractivity contribution in [3.05, 3.63) is 0 Å². The first-order chi connectivity index (χ1) is 9.62. The van der Waals surface area contributed by atoms with Crippen molar-refractivity contribution in [2.45, 2.75) is 46.5 Å². The molecule has 0 amide bonds. The van der Waals surface area contributed by atoms with Crippen LogP contribution in [0.25, 0.3) is 0 Å². The molecule has 2 unspecified atom stereocenters. The highest BCUT2D eigenvalue weighted by Crippen LogP contribution is 2.19. The minimum atomic E-state index is -0.918. The molecule has 0 aliphatic heterocycles. The van der Waals surface area contributed by atoms with E-state index in [0.29, 0.717) is 6.42 Å². The number of hydrogen-bond acceptors (Lipinski definition) is 7. The largest absolute Gasteiger partial charge is 0.396 e. The van der Waals surface area contributed by atoms with Gasteiger partial charge in [0.25, 0.3) is 0 Å². The monoisotopic (exact) mass is 312 g/mol. The standard InChI is InChI=1S/C8H18O4.C6H14O3/c1-8(2,3)7(11)12-5-6(10)4-9;1-2-6(3-7,4-8)5-9/h6-7,9-11H,4-5H2,1-3H3;7-9H,2-5H2,1H3. The number of rotatable bonds is 8. The zero-order chi connectivity index (χ0) is 17.1. The van der Waals surface area contributed by atoms with Gasteiger partial charge in [0.2, 0.25) is 0 Å². The minimum Gasteiger partial charge on any atom is -0.396 e. The topological polar surface area (TPSA) is 131 Å². The fourth-order valence-corrected chi connectivity index (χ4v) is 0.990. The van der Waals surface area contributed by atoms with Crippen molar-refractivity contribution in [2.75, 3.05) is 33.0 Å². The van der Waals surface area contributed by atoms with Gasteiger partial charge in [-0.25, -0.2) is 0 Å². The zero-order valence-corrected chi connectivity index (χ0v) is 13.5. The molecule has 2 atom stereocenters. The molecule has 0 aromatic rings. The summed E-state index contributed by atoms with van der Waals surface area (Å²) in [4.78, 5) is 0. The lowest BCUT2D eigenvalue weighted by Crippen LogP contribution is -2.32. The van der Waals surface area contributed by atoms with Crippen molar-refractivity contribution in [3.8, 4) is 0 Å². The third-order valence-corrected chi connectivity index (χ3v) is 3.15. The van der Waals surface area contributed by atoms with Gasteiger partial charge < -0.3 is 35.4 Å². The third-order valence-electron chi connectivity index (χ3n) is 3.15. The molecule has 130 valence electrons. The molecular weight excluding hydrogens is 280 g/mol. The van der Waals surface area contributed by atoms with Gasteiger partial charge in [-0.1, -0.05) is 27.7 Å². The normalized spacial score (nSPS) is 15.1.